The Morgan fingerprint density at radius 3 is 2.05 bits per heavy atom. The number of carbonyl (C=O) groups excluding carboxylic acids is 1. The number of likely N-dealkylation sites (tertiary alicyclic amines) is 1. The number of nitrogens with one attached hydrogen (secondary N) is 1. The van der Waals surface area contributed by atoms with Crippen LogP contribution in [0, 0.1) is 0 Å². The Morgan fingerprint density at radius 2 is 1.53 bits per heavy atom. The highest BCUT2D eigenvalue weighted by atomic mass is 19.1. The molecule has 4 rings (SSSR count). The highest BCUT2D eigenvalue weighted by molar-refractivity contribution is 5.83. The molecular formula is C32H52FN3O2. The Bertz CT molecular complexity index is 882. The molecule has 2 aromatic carbocycles. The summed E-state index contributed by atoms with van der Waals surface area (Å²) in [7, 11) is 3.59. The fourth-order valence-electron chi connectivity index (χ4n) is 4.39. The number of urea groups is 1. The third kappa shape index (κ3) is 10.2. The van der Waals surface area contributed by atoms with Gasteiger partial charge in [-0.1, -0.05) is 102 Å². The van der Waals surface area contributed by atoms with Gasteiger partial charge < -0.3 is 20.2 Å². The molecule has 0 radical (unpaired) electrons. The van der Waals surface area contributed by atoms with Crippen LogP contribution in [0.25, 0.3) is 5.57 Å². The van der Waals surface area contributed by atoms with Crippen molar-refractivity contribution in [1.29, 1.82) is 0 Å². The van der Waals surface area contributed by atoms with Crippen molar-refractivity contribution in [2.45, 2.75) is 72.5 Å². The van der Waals surface area contributed by atoms with Crippen LogP contribution in [-0.2, 0) is 5.54 Å². The number of amides is 2. The zero-order chi connectivity index (χ0) is 29.0. The highest BCUT2D eigenvalue weighted by Gasteiger charge is 2.44. The standard InChI is InChI=1S/C19H20N2O2.C7H14FN.3C2H6/c1-20-18(23)21-13-16(15-8-4-2-5-9-15)12-19(21,14-22)17-10-6-3-7-11-17;1-9-5-3-2-4-7(8)6-9;3*1-2/h2-12,22H,13-14H2,1H3,(H,20,23);7H,2-6H2,1H3;3*1-2H3/t19-;7-;;;/m11.../s1. The van der Waals surface area contributed by atoms with Crippen LogP contribution in [0.5, 0.6) is 0 Å². The molecule has 1 fully saturated rings. The van der Waals surface area contributed by atoms with Crippen LogP contribution in [0.3, 0.4) is 0 Å². The molecule has 0 unspecified atom stereocenters. The van der Waals surface area contributed by atoms with Gasteiger partial charge in [-0.3, -0.25) is 0 Å². The predicted molar refractivity (Wildman–Crippen MR) is 161 cm³/mol. The topological polar surface area (TPSA) is 55.8 Å². The lowest BCUT2D eigenvalue weighted by Crippen LogP contribution is -2.51. The number of alkyl halides is 1. The lowest BCUT2D eigenvalue weighted by atomic mass is 9.89. The van der Waals surface area contributed by atoms with Crippen molar-refractivity contribution in [2.75, 3.05) is 40.3 Å². The molecule has 2 heterocycles. The summed E-state index contributed by atoms with van der Waals surface area (Å²) in [6, 6.07) is 19.4. The first-order chi connectivity index (χ1) is 18.5. The Kier molecular flexibility index (Phi) is 18.8. The predicted octanol–water partition coefficient (Wildman–Crippen LogP) is 7.13. The summed E-state index contributed by atoms with van der Waals surface area (Å²) < 4.78 is 12.7. The molecule has 38 heavy (non-hydrogen) atoms. The van der Waals surface area contributed by atoms with Gasteiger partial charge in [0.05, 0.1) is 6.61 Å². The molecule has 0 aromatic heterocycles. The number of rotatable bonds is 3. The van der Waals surface area contributed by atoms with Gasteiger partial charge in [-0.25, -0.2) is 9.18 Å². The Labute approximate surface area is 231 Å². The van der Waals surface area contributed by atoms with Crippen LogP contribution in [0.2, 0.25) is 0 Å². The van der Waals surface area contributed by atoms with E-state index in [1.807, 2.05) is 115 Å². The summed E-state index contributed by atoms with van der Waals surface area (Å²) in [5.41, 5.74) is 2.16. The van der Waals surface area contributed by atoms with Crippen molar-refractivity contribution in [3.8, 4) is 0 Å². The van der Waals surface area contributed by atoms with Gasteiger partial charge in [0.1, 0.15) is 11.7 Å². The van der Waals surface area contributed by atoms with Crippen LogP contribution < -0.4 is 5.32 Å². The van der Waals surface area contributed by atoms with Crippen LogP contribution in [0.15, 0.2) is 66.7 Å². The Hall–Kier alpha value is -2.70. The molecule has 0 aliphatic carbocycles. The van der Waals surface area contributed by atoms with E-state index < -0.39 is 11.7 Å². The number of aliphatic hydroxyl groups is 1. The molecule has 2 atom stereocenters. The van der Waals surface area contributed by atoms with Crippen molar-refractivity contribution < 1.29 is 14.3 Å². The van der Waals surface area contributed by atoms with Crippen molar-refractivity contribution >= 4 is 11.6 Å². The highest BCUT2D eigenvalue weighted by Crippen LogP contribution is 2.39. The SMILES string of the molecule is CC.CC.CC.CN1CCCC[C@@H](F)C1.CNC(=O)N1CC(c2ccccc2)=C[C@@]1(CO)c1ccccc1. The molecule has 0 bridgehead atoms. The second-order valence-electron chi connectivity index (χ2n) is 8.48. The van der Waals surface area contributed by atoms with E-state index in [0.29, 0.717) is 13.1 Å². The third-order valence-corrected chi connectivity index (χ3v) is 6.16. The fraction of sp³-hybridized carbons (Fsp3) is 0.531. The number of halogens is 1. The molecule has 1 saturated heterocycles. The van der Waals surface area contributed by atoms with E-state index in [9.17, 15) is 14.3 Å². The fourth-order valence-corrected chi connectivity index (χ4v) is 4.39. The van der Waals surface area contributed by atoms with Crippen LogP contribution >= 0.6 is 0 Å². The average Bonchev–Trinajstić information content (AvgIpc) is 3.30. The van der Waals surface area contributed by atoms with Gasteiger partial charge in [0, 0.05) is 20.1 Å². The number of nitrogens with zero attached hydrogens (tertiary/aromatic N) is 2. The number of aliphatic hydroxyl groups excluding tert-OH is 1. The molecule has 0 spiro atoms. The Morgan fingerprint density at radius 1 is 0.974 bits per heavy atom. The van der Waals surface area contributed by atoms with E-state index in [1.165, 1.54) is 0 Å². The van der Waals surface area contributed by atoms with Gasteiger partial charge in [-0.2, -0.15) is 0 Å². The van der Waals surface area contributed by atoms with Crippen molar-refractivity contribution in [3.63, 3.8) is 0 Å². The first kappa shape index (κ1) is 35.3. The van der Waals surface area contributed by atoms with E-state index in [2.05, 4.69) is 10.2 Å². The molecule has 2 amide bonds. The van der Waals surface area contributed by atoms with Gasteiger partial charge in [0.2, 0.25) is 0 Å². The molecular weight excluding hydrogens is 477 g/mol. The monoisotopic (exact) mass is 529 g/mol. The molecule has 2 aromatic rings. The Balaban J connectivity index is 0.000000762. The van der Waals surface area contributed by atoms with Crippen molar-refractivity contribution in [3.05, 3.63) is 77.9 Å². The maximum atomic E-state index is 12.7. The minimum Gasteiger partial charge on any atom is -0.393 e. The molecule has 5 nitrogen and oxygen atoms in total. The molecule has 6 heteroatoms. The number of benzene rings is 2. The van der Waals surface area contributed by atoms with Crippen molar-refractivity contribution in [1.82, 2.24) is 15.1 Å². The molecule has 214 valence electrons. The first-order valence-electron chi connectivity index (χ1n) is 14.3. The maximum absolute atomic E-state index is 12.7. The summed E-state index contributed by atoms with van der Waals surface area (Å²) in [6.07, 6.45) is 4.43. The van der Waals surface area contributed by atoms with Gasteiger partial charge >= 0.3 is 6.03 Å². The van der Waals surface area contributed by atoms with Crippen LogP contribution in [0.4, 0.5) is 9.18 Å². The first-order valence-corrected chi connectivity index (χ1v) is 14.3. The summed E-state index contributed by atoms with van der Waals surface area (Å²) in [5.74, 6) is 0. The summed E-state index contributed by atoms with van der Waals surface area (Å²) >= 11 is 0. The number of hydrogen-bond acceptors (Lipinski definition) is 3. The lowest BCUT2D eigenvalue weighted by molar-refractivity contribution is 0.105. The van der Waals surface area contributed by atoms with E-state index >= 15 is 0 Å². The summed E-state index contributed by atoms with van der Waals surface area (Å²) in [5, 5.41) is 12.9. The zero-order valence-corrected chi connectivity index (χ0v) is 25.0. The summed E-state index contributed by atoms with van der Waals surface area (Å²) in [4.78, 5) is 16.2. The largest absolute Gasteiger partial charge is 0.393 e. The van der Waals surface area contributed by atoms with Gasteiger partial charge in [0.25, 0.3) is 0 Å². The van der Waals surface area contributed by atoms with E-state index in [0.717, 1.165) is 42.5 Å². The van der Waals surface area contributed by atoms with Crippen LogP contribution in [-0.4, -0.2) is 67.4 Å². The van der Waals surface area contributed by atoms with Gasteiger partial charge in [-0.05, 0) is 55.6 Å². The smallest absolute Gasteiger partial charge is 0.318 e. The lowest BCUT2D eigenvalue weighted by Gasteiger charge is -2.36. The van der Waals surface area contributed by atoms with Gasteiger partial charge in [-0.15, -0.1) is 0 Å². The van der Waals surface area contributed by atoms with Gasteiger partial charge in [0.15, 0.2) is 0 Å². The van der Waals surface area contributed by atoms with E-state index in [-0.39, 0.29) is 12.6 Å². The number of carbonyl (C=O) groups is 1. The normalized spacial score (nSPS) is 20.3. The second kappa shape index (κ2) is 20.3. The third-order valence-electron chi connectivity index (χ3n) is 6.16. The zero-order valence-electron chi connectivity index (χ0n) is 25.0. The minimum absolute atomic E-state index is 0.166. The molecule has 2 aliphatic heterocycles. The molecule has 0 saturated carbocycles. The van der Waals surface area contributed by atoms with E-state index in [4.69, 9.17) is 0 Å². The quantitative estimate of drug-likeness (QED) is 0.445. The van der Waals surface area contributed by atoms with Crippen LogP contribution in [0.1, 0.15) is 71.9 Å². The van der Waals surface area contributed by atoms with E-state index in [1.54, 1.807) is 11.9 Å². The molecule has 2 N–H and O–H groups in total. The molecule has 2 aliphatic rings. The maximum Gasteiger partial charge on any atom is 0.318 e. The van der Waals surface area contributed by atoms with Crippen molar-refractivity contribution in [2.24, 2.45) is 0 Å². The number of hydrogen-bond donors (Lipinski definition) is 2. The minimum atomic E-state index is -0.841. The summed E-state index contributed by atoms with van der Waals surface area (Å²) in [6.45, 7) is 14.0. The average molecular weight is 530 g/mol. The second-order valence-corrected chi connectivity index (χ2v) is 8.48.